The normalized spacial score (nSPS) is 14.0. The average molecular weight is 211 g/mol. The molecule has 0 spiro atoms. The number of benzene rings is 1. The fraction of sp³-hybridized carbons (Fsp3) is 0.111. The highest BCUT2D eigenvalue weighted by molar-refractivity contribution is 9.15. The van der Waals surface area contributed by atoms with E-state index in [2.05, 4.69) is 28.1 Å². The third kappa shape index (κ3) is 0.824. The SMILES string of the molecule is COC1=C(Br)c2ccccc21. The van der Waals surface area contributed by atoms with Gasteiger partial charge in [-0.3, -0.25) is 0 Å². The topological polar surface area (TPSA) is 9.23 Å². The second kappa shape index (κ2) is 2.38. The lowest BCUT2D eigenvalue weighted by atomic mass is 9.96. The minimum absolute atomic E-state index is 0.959. The minimum Gasteiger partial charge on any atom is -0.495 e. The van der Waals surface area contributed by atoms with Crippen molar-refractivity contribution < 1.29 is 4.74 Å². The summed E-state index contributed by atoms with van der Waals surface area (Å²) in [4.78, 5) is 0. The van der Waals surface area contributed by atoms with Crippen LogP contribution in [0.4, 0.5) is 0 Å². The molecule has 0 radical (unpaired) electrons. The number of hydrogen-bond donors (Lipinski definition) is 0. The second-order valence-corrected chi connectivity index (χ2v) is 3.19. The Morgan fingerprint density at radius 2 is 1.82 bits per heavy atom. The summed E-state index contributed by atoms with van der Waals surface area (Å²) in [5, 5.41) is 0. The molecule has 0 amide bonds. The lowest BCUT2D eigenvalue weighted by Gasteiger charge is -2.21. The molecule has 11 heavy (non-hydrogen) atoms. The van der Waals surface area contributed by atoms with Crippen molar-refractivity contribution in [3.63, 3.8) is 0 Å². The van der Waals surface area contributed by atoms with Gasteiger partial charge in [0.1, 0.15) is 5.76 Å². The first-order chi connectivity index (χ1) is 5.34. The van der Waals surface area contributed by atoms with Crippen LogP contribution < -0.4 is 0 Å². The molecule has 1 aliphatic carbocycles. The Labute approximate surface area is 73.8 Å². The van der Waals surface area contributed by atoms with E-state index in [0.717, 1.165) is 10.2 Å². The Morgan fingerprint density at radius 3 is 2.45 bits per heavy atom. The van der Waals surface area contributed by atoms with Crippen LogP contribution in [0.2, 0.25) is 0 Å². The maximum absolute atomic E-state index is 5.16. The van der Waals surface area contributed by atoms with Crippen LogP contribution in [0.5, 0.6) is 0 Å². The first-order valence-electron chi connectivity index (χ1n) is 3.38. The molecule has 1 aromatic carbocycles. The summed E-state index contributed by atoms with van der Waals surface area (Å²) in [6.45, 7) is 0. The summed E-state index contributed by atoms with van der Waals surface area (Å²) < 4.78 is 6.24. The van der Waals surface area contributed by atoms with Crippen LogP contribution in [0.25, 0.3) is 10.2 Å². The molecule has 0 aromatic heterocycles. The Kier molecular flexibility index (Phi) is 1.50. The summed E-state index contributed by atoms with van der Waals surface area (Å²) in [6.07, 6.45) is 0. The molecule has 0 unspecified atom stereocenters. The van der Waals surface area contributed by atoms with E-state index in [-0.39, 0.29) is 0 Å². The molecule has 1 aliphatic rings. The van der Waals surface area contributed by atoms with Crippen molar-refractivity contribution >= 4 is 26.2 Å². The number of ether oxygens (including phenoxy) is 1. The summed E-state index contributed by atoms with van der Waals surface area (Å²) in [7, 11) is 1.69. The highest BCUT2D eigenvalue weighted by Crippen LogP contribution is 2.43. The van der Waals surface area contributed by atoms with Crippen LogP contribution in [0.15, 0.2) is 24.3 Å². The van der Waals surface area contributed by atoms with Crippen LogP contribution in [-0.4, -0.2) is 7.11 Å². The number of fused-ring (bicyclic) bond motifs is 1. The maximum Gasteiger partial charge on any atom is 0.141 e. The Bertz CT molecular complexity index is 328. The molecule has 0 aliphatic heterocycles. The van der Waals surface area contributed by atoms with Gasteiger partial charge in [0.2, 0.25) is 0 Å². The molecule has 0 fully saturated rings. The van der Waals surface area contributed by atoms with Gasteiger partial charge in [0.25, 0.3) is 0 Å². The number of halogens is 1. The summed E-state index contributed by atoms with van der Waals surface area (Å²) >= 11 is 3.44. The van der Waals surface area contributed by atoms with E-state index in [9.17, 15) is 0 Å². The number of rotatable bonds is 1. The third-order valence-corrected chi connectivity index (χ3v) is 2.60. The summed E-state index contributed by atoms with van der Waals surface area (Å²) in [5.74, 6) is 0.959. The van der Waals surface area contributed by atoms with Gasteiger partial charge in [0, 0.05) is 11.1 Å². The largest absolute Gasteiger partial charge is 0.495 e. The highest BCUT2D eigenvalue weighted by atomic mass is 79.9. The Hall–Kier alpha value is -0.760. The van der Waals surface area contributed by atoms with Gasteiger partial charge < -0.3 is 4.74 Å². The van der Waals surface area contributed by atoms with Gasteiger partial charge in [-0.2, -0.15) is 0 Å². The lowest BCUT2D eigenvalue weighted by Crippen LogP contribution is -2.03. The van der Waals surface area contributed by atoms with E-state index in [0.29, 0.717) is 0 Å². The molecule has 2 heteroatoms. The van der Waals surface area contributed by atoms with Crippen molar-refractivity contribution in [2.45, 2.75) is 0 Å². The molecule has 0 N–H and O–H groups in total. The summed E-state index contributed by atoms with van der Waals surface area (Å²) in [5.41, 5.74) is 2.44. The molecule has 0 bridgehead atoms. The van der Waals surface area contributed by atoms with Crippen molar-refractivity contribution in [3.05, 3.63) is 35.4 Å². The van der Waals surface area contributed by atoms with Crippen LogP contribution in [0.3, 0.4) is 0 Å². The van der Waals surface area contributed by atoms with Gasteiger partial charge >= 0.3 is 0 Å². The van der Waals surface area contributed by atoms with E-state index >= 15 is 0 Å². The van der Waals surface area contributed by atoms with E-state index in [1.54, 1.807) is 7.11 Å². The minimum atomic E-state index is 0.959. The molecule has 0 saturated heterocycles. The second-order valence-electron chi connectivity index (χ2n) is 2.39. The zero-order chi connectivity index (χ0) is 7.84. The van der Waals surface area contributed by atoms with Gasteiger partial charge in [-0.1, -0.05) is 24.3 Å². The lowest BCUT2D eigenvalue weighted by molar-refractivity contribution is 0.369. The highest BCUT2D eigenvalue weighted by Gasteiger charge is 2.23. The molecule has 2 rings (SSSR count). The fourth-order valence-electron chi connectivity index (χ4n) is 1.25. The quantitative estimate of drug-likeness (QED) is 0.693. The van der Waals surface area contributed by atoms with Crippen LogP contribution in [-0.2, 0) is 4.74 Å². The maximum atomic E-state index is 5.16. The molecular weight excluding hydrogens is 204 g/mol. The first-order valence-corrected chi connectivity index (χ1v) is 4.17. The van der Waals surface area contributed by atoms with Gasteiger partial charge in [0.05, 0.1) is 11.6 Å². The smallest absolute Gasteiger partial charge is 0.141 e. The van der Waals surface area contributed by atoms with Crippen molar-refractivity contribution in [2.24, 2.45) is 0 Å². The van der Waals surface area contributed by atoms with Gasteiger partial charge in [-0.05, 0) is 15.9 Å². The predicted octanol–water partition coefficient (Wildman–Crippen LogP) is 2.87. The van der Waals surface area contributed by atoms with Crippen LogP contribution >= 0.6 is 15.9 Å². The van der Waals surface area contributed by atoms with Gasteiger partial charge in [-0.15, -0.1) is 0 Å². The van der Waals surface area contributed by atoms with Crippen molar-refractivity contribution in [2.75, 3.05) is 7.11 Å². The fourth-order valence-corrected chi connectivity index (χ4v) is 1.97. The Balaban J connectivity index is 2.51. The zero-order valence-electron chi connectivity index (χ0n) is 6.10. The van der Waals surface area contributed by atoms with Crippen molar-refractivity contribution in [3.8, 4) is 0 Å². The molecule has 0 atom stereocenters. The monoisotopic (exact) mass is 210 g/mol. The van der Waals surface area contributed by atoms with Crippen LogP contribution in [0.1, 0.15) is 11.1 Å². The van der Waals surface area contributed by atoms with E-state index < -0.39 is 0 Å². The van der Waals surface area contributed by atoms with Crippen molar-refractivity contribution in [1.82, 2.24) is 0 Å². The molecule has 1 nitrogen and oxygen atoms in total. The zero-order valence-corrected chi connectivity index (χ0v) is 7.68. The molecular formula is C9H7BrO. The third-order valence-electron chi connectivity index (χ3n) is 1.81. The predicted molar refractivity (Wildman–Crippen MR) is 49.2 cm³/mol. The van der Waals surface area contributed by atoms with Gasteiger partial charge in [0.15, 0.2) is 0 Å². The Morgan fingerprint density at radius 1 is 1.18 bits per heavy atom. The first kappa shape index (κ1) is 6.92. The van der Waals surface area contributed by atoms with Gasteiger partial charge in [-0.25, -0.2) is 0 Å². The van der Waals surface area contributed by atoms with E-state index in [4.69, 9.17) is 4.74 Å². The standard InChI is InChI=1S/C9H7BrO/c1-11-9-7-5-3-2-4-6(7)8(9)10/h2-5H,1H3. The van der Waals surface area contributed by atoms with E-state index in [1.165, 1.54) is 11.1 Å². The summed E-state index contributed by atoms with van der Waals surface area (Å²) in [6, 6.07) is 8.16. The molecule has 56 valence electrons. The molecule has 1 aromatic rings. The number of hydrogen-bond acceptors (Lipinski definition) is 1. The number of methoxy groups -OCH3 is 1. The van der Waals surface area contributed by atoms with Crippen LogP contribution in [0, 0.1) is 0 Å². The molecule has 0 saturated carbocycles. The average Bonchev–Trinajstić information content (AvgIpc) is 2.05. The van der Waals surface area contributed by atoms with Crippen molar-refractivity contribution in [1.29, 1.82) is 0 Å². The molecule has 0 heterocycles. The van der Waals surface area contributed by atoms with E-state index in [1.807, 2.05) is 12.1 Å².